The molecule has 1 aromatic heterocycles. The van der Waals surface area contributed by atoms with E-state index in [0.717, 1.165) is 31.2 Å². The summed E-state index contributed by atoms with van der Waals surface area (Å²) in [5, 5.41) is 7.32. The maximum atomic E-state index is 5.64. The van der Waals surface area contributed by atoms with Gasteiger partial charge in [0.15, 0.2) is 5.89 Å². The van der Waals surface area contributed by atoms with Crippen molar-refractivity contribution < 1.29 is 4.42 Å². The van der Waals surface area contributed by atoms with Gasteiger partial charge in [-0.05, 0) is 32.2 Å². The van der Waals surface area contributed by atoms with Crippen LogP contribution in [-0.2, 0) is 13.0 Å². The van der Waals surface area contributed by atoms with E-state index >= 15 is 0 Å². The maximum Gasteiger partial charge on any atom is 0.194 e. The molecular weight excluding hydrogens is 214 g/mol. The van der Waals surface area contributed by atoms with Crippen LogP contribution in [0.25, 0.3) is 0 Å². The van der Waals surface area contributed by atoms with Crippen LogP contribution in [-0.4, -0.2) is 23.1 Å². The molecule has 2 heterocycles. The van der Waals surface area contributed by atoms with Crippen LogP contribution in [0, 0.1) is 0 Å². The first-order valence-corrected chi connectivity index (χ1v) is 6.74. The van der Waals surface area contributed by atoms with Gasteiger partial charge in [0, 0.05) is 18.0 Å². The monoisotopic (exact) mass is 235 g/mol. The van der Waals surface area contributed by atoms with Gasteiger partial charge in [-0.25, -0.2) is 4.98 Å². The highest BCUT2D eigenvalue weighted by Crippen LogP contribution is 2.36. The van der Waals surface area contributed by atoms with Crippen molar-refractivity contribution in [1.29, 1.82) is 0 Å². The molecule has 0 radical (unpaired) electrons. The number of rotatable bonds is 4. The van der Waals surface area contributed by atoms with Crippen molar-refractivity contribution >= 4 is 0 Å². The van der Waals surface area contributed by atoms with Crippen LogP contribution in [0.2, 0.25) is 0 Å². The van der Waals surface area contributed by atoms with Crippen LogP contribution in [0.3, 0.4) is 0 Å². The van der Waals surface area contributed by atoms with Crippen molar-refractivity contribution in [1.82, 2.24) is 15.6 Å². The molecule has 2 fully saturated rings. The number of oxazole rings is 1. The molecule has 2 N–H and O–H groups in total. The SMILES string of the molecule is CCc1ncc(CNC23CCCC2NCC3)o1. The van der Waals surface area contributed by atoms with Crippen molar-refractivity contribution in [2.75, 3.05) is 6.54 Å². The average Bonchev–Trinajstić information content (AvgIpc) is 3.01. The summed E-state index contributed by atoms with van der Waals surface area (Å²) in [6, 6.07) is 0.663. The Morgan fingerprint density at radius 1 is 1.59 bits per heavy atom. The third-order valence-corrected chi connectivity index (χ3v) is 4.26. The van der Waals surface area contributed by atoms with Crippen LogP contribution in [0.4, 0.5) is 0 Å². The van der Waals surface area contributed by atoms with E-state index in [1.807, 2.05) is 6.20 Å². The Balaban J connectivity index is 1.63. The van der Waals surface area contributed by atoms with E-state index in [4.69, 9.17) is 4.42 Å². The van der Waals surface area contributed by atoms with Crippen LogP contribution in [0.5, 0.6) is 0 Å². The molecule has 0 aromatic carbocycles. The summed E-state index contributed by atoms with van der Waals surface area (Å²) in [6.45, 7) is 4.02. The van der Waals surface area contributed by atoms with E-state index in [1.54, 1.807) is 0 Å². The molecule has 3 rings (SSSR count). The van der Waals surface area contributed by atoms with E-state index in [9.17, 15) is 0 Å². The molecule has 4 heteroatoms. The van der Waals surface area contributed by atoms with E-state index in [1.165, 1.54) is 25.7 Å². The molecule has 1 saturated heterocycles. The molecule has 0 bridgehead atoms. The Morgan fingerprint density at radius 3 is 3.35 bits per heavy atom. The predicted octanol–water partition coefficient (Wildman–Crippen LogP) is 1.61. The predicted molar refractivity (Wildman–Crippen MR) is 65.7 cm³/mol. The van der Waals surface area contributed by atoms with E-state index in [2.05, 4.69) is 22.5 Å². The first-order chi connectivity index (χ1) is 8.32. The summed E-state index contributed by atoms with van der Waals surface area (Å²) in [6.07, 6.45) is 7.90. The molecule has 1 aromatic rings. The number of aromatic nitrogens is 1. The minimum absolute atomic E-state index is 0.319. The third kappa shape index (κ3) is 2.00. The standard InChI is InChI=1S/C13H21N3O/c1-2-12-15-8-10(17-12)9-16-13-5-3-4-11(13)14-7-6-13/h8,11,14,16H,2-7,9H2,1H3. The lowest BCUT2D eigenvalue weighted by Crippen LogP contribution is -2.49. The van der Waals surface area contributed by atoms with Crippen LogP contribution in [0.1, 0.15) is 44.3 Å². The molecule has 94 valence electrons. The Hall–Kier alpha value is -0.870. The molecular formula is C13H21N3O. The minimum atomic E-state index is 0.319. The van der Waals surface area contributed by atoms with Gasteiger partial charge in [0.1, 0.15) is 5.76 Å². The fraction of sp³-hybridized carbons (Fsp3) is 0.769. The molecule has 2 unspecified atom stereocenters. The lowest BCUT2D eigenvalue weighted by atomic mass is 9.93. The molecule has 4 nitrogen and oxygen atoms in total. The second-order valence-electron chi connectivity index (χ2n) is 5.23. The average molecular weight is 235 g/mol. The smallest absolute Gasteiger partial charge is 0.194 e. The van der Waals surface area contributed by atoms with E-state index < -0.39 is 0 Å². The van der Waals surface area contributed by atoms with Crippen molar-refractivity contribution in [3.05, 3.63) is 17.8 Å². The first-order valence-electron chi connectivity index (χ1n) is 6.74. The molecule has 1 aliphatic carbocycles. The van der Waals surface area contributed by atoms with Crippen LogP contribution < -0.4 is 10.6 Å². The summed E-state index contributed by atoms with van der Waals surface area (Å²) in [4.78, 5) is 4.24. The normalized spacial score (nSPS) is 31.9. The van der Waals surface area contributed by atoms with Gasteiger partial charge in [-0.15, -0.1) is 0 Å². The summed E-state index contributed by atoms with van der Waals surface area (Å²) < 4.78 is 5.64. The number of hydrogen-bond donors (Lipinski definition) is 2. The van der Waals surface area contributed by atoms with Gasteiger partial charge >= 0.3 is 0 Å². The summed E-state index contributed by atoms with van der Waals surface area (Å²) >= 11 is 0. The zero-order valence-corrected chi connectivity index (χ0v) is 10.5. The summed E-state index contributed by atoms with van der Waals surface area (Å²) in [7, 11) is 0. The molecule has 2 aliphatic rings. The minimum Gasteiger partial charge on any atom is -0.444 e. The summed E-state index contributed by atoms with van der Waals surface area (Å²) in [5.41, 5.74) is 0.319. The topological polar surface area (TPSA) is 50.1 Å². The summed E-state index contributed by atoms with van der Waals surface area (Å²) in [5.74, 6) is 1.81. The Kier molecular flexibility index (Phi) is 2.92. The number of hydrogen-bond acceptors (Lipinski definition) is 4. The second kappa shape index (κ2) is 4.42. The molecule has 0 amide bonds. The first kappa shape index (κ1) is 11.2. The number of nitrogens with zero attached hydrogens (tertiary/aromatic N) is 1. The molecule has 2 atom stereocenters. The Labute approximate surface area is 102 Å². The van der Waals surface area contributed by atoms with E-state index in [-0.39, 0.29) is 0 Å². The highest BCUT2D eigenvalue weighted by Gasteiger charge is 2.45. The number of fused-ring (bicyclic) bond motifs is 1. The highest BCUT2D eigenvalue weighted by atomic mass is 16.4. The Morgan fingerprint density at radius 2 is 2.53 bits per heavy atom. The number of nitrogens with one attached hydrogen (secondary N) is 2. The lowest BCUT2D eigenvalue weighted by molar-refractivity contribution is 0.302. The van der Waals surface area contributed by atoms with Crippen molar-refractivity contribution in [3.8, 4) is 0 Å². The molecule has 17 heavy (non-hydrogen) atoms. The third-order valence-electron chi connectivity index (χ3n) is 4.26. The van der Waals surface area contributed by atoms with Crippen molar-refractivity contribution in [2.24, 2.45) is 0 Å². The van der Waals surface area contributed by atoms with Crippen LogP contribution >= 0.6 is 0 Å². The quantitative estimate of drug-likeness (QED) is 0.832. The molecule has 1 aliphatic heterocycles. The maximum absolute atomic E-state index is 5.64. The zero-order chi connectivity index (χ0) is 11.7. The largest absolute Gasteiger partial charge is 0.444 e. The van der Waals surface area contributed by atoms with Gasteiger partial charge in [-0.2, -0.15) is 0 Å². The van der Waals surface area contributed by atoms with Gasteiger partial charge in [0.2, 0.25) is 0 Å². The second-order valence-corrected chi connectivity index (χ2v) is 5.23. The van der Waals surface area contributed by atoms with Crippen molar-refractivity contribution in [2.45, 2.75) is 57.2 Å². The van der Waals surface area contributed by atoms with Gasteiger partial charge in [-0.3, -0.25) is 0 Å². The highest BCUT2D eigenvalue weighted by molar-refractivity contribution is 5.09. The molecule has 1 saturated carbocycles. The van der Waals surface area contributed by atoms with Gasteiger partial charge in [0.05, 0.1) is 12.7 Å². The van der Waals surface area contributed by atoms with Gasteiger partial charge in [0.25, 0.3) is 0 Å². The Bertz CT molecular complexity index is 378. The zero-order valence-electron chi connectivity index (χ0n) is 10.5. The lowest BCUT2D eigenvalue weighted by Gasteiger charge is -2.29. The fourth-order valence-electron chi connectivity index (χ4n) is 3.29. The van der Waals surface area contributed by atoms with E-state index in [0.29, 0.717) is 11.6 Å². The fourth-order valence-corrected chi connectivity index (χ4v) is 3.29. The van der Waals surface area contributed by atoms with Crippen LogP contribution in [0.15, 0.2) is 10.6 Å². The number of aryl methyl sites for hydroxylation is 1. The molecule has 0 spiro atoms. The van der Waals surface area contributed by atoms with Gasteiger partial charge in [-0.1, -0.05) is 6.92 Å². The van der Waals surface area contributed by atoms with Gasteiger partial charge < -0.3 is 15.1 Å². The van der Waals surface area contributed by atoms with Crippen molar-refractivity contribution in [3.63, 3.8) is 0 Å².